The second kappa shape index (κ2) is 6.81. The van der Waals surface area contributed by atoms with Crippen molar-refractivity contribution >= 4 is 17.2 Å². The fourth-order valence-electron chi connectivity index (χ4n) is 2.66. The van der Waals surface area contributed by atoms with E-state index >= 15 is 0 Å². The van der Waals surface area contributed by atoms with Crippen LogP contribution >= 0.6 is 11.3 Å². The Morgan fingerprint density at radius 3 is 2.70 bits per heavy atom. The largest absolute Gasteiger partial charge is 0.388 e. The number of hydrogen-bond donors (Lipinski definition) is 2. The Bertz CT molecular complexity index is 675. The molecule has 1 fully saturated rings. The first-order valence-electron chi connectivity index (χ1n) is 8.11. The number of carbonyl (C=O) groups excluding carboxylic acids is 1. The predicted molar refractivity (Wildman–Crippen MR) is 92.4 cm³/mol. The highest BCUT2D eigenvalue weighted by atomic mass is 32.1. The minimum Gasteiger partial charge on any atom is -0.388 e. The number of benzene rings is 1. The number of aliphatic hydroxyl groups is 1. The quantitative estimate of drug-likeness (QED) is 0.856. The van der Waals surface area contributed by atoms with Gasteiger partial charge in [0.15, 0.2) is 0 Å². The molecule has 1 saturated carbocycles. The number of hydrogen-bond acceptors (Lipinski definition) is 4. The molecule has 2 N–H and O–H groups in total. The molecule has 1 aromatic heterocycles. The minimum absolute atomic E-state index is 0.0801. The number of amides is 1. The van der Waals surface area contributed by atoms with Gasteiger partial charge >= 0.3 is 0 Å². The molecule has 0 radical (unpaired) electrons. The van der Waals surface area contributed by atoms with E-state index in [1.165, 1.54) is 5.56 Å². The van der Waals surface area contributed by atoms with Crippen LogP contribution in [0.2, 0.25) is 0 Å². The van der Waals surface area contributed by atoms with Crippen molar-refractivity contribution in [3.63, 3.8) is 0 Å². The monoisotopic (exact) mass is 330 g/mol. The predicted octanol–water partition coefficient (Wildman–Crippen LogP) is 2.95. The molecular weight excluding hydrogens is 308 g/mol. The molecule has 0 bridgehead atoms. The van der Waals surface area contributed by atoms with E-state index in [0.717, 1.165) is 41.9 Å². The van der Waals surface area contributed by atoms with Crippen molar-refractivity contribution in [1.82, 2.24) is 10.3 Å². The second-order valence-corrected chi connectivity index (χ2v) is 7.08. The highest BCUT2D eigenvalue weighted by Gasteiger charge is 2.34. The lowest BCUT2D eigenvalue weighted by atomic mass is 9.80. The molecule has 0 aliphatic heterocycles. The molecular formula is C18H22N2O2S. The summed E-state index contributed by atoms with van der Waals surface area (Å²) in [5.41, 5.74) is 2.49. The third kappa shape index (κ3) is 3.98. The molecule has 0 saturated heterocycles. The molecule has 1 heterocycles. The third-order valence-corrected chi connectivity index (χ3v) is 5.34. The number of rotatable bonds is 6. The van der Waals surface area contributed by atoms with Crippen LogP contribution < -0.4 is 5.32 Å². The van der Waals surface area contributed by atoms with Gasteiger partial charge in [-0.2, -0.15) is 0 Å². The Labute approximate surface area is 140 Å². The van der Waals surface area contributed by atoms with Gasteiger partial charge in [-0.15, -0.1) is 11.3 Å². The van der Waals surface area contributed by atoms with Gasteiger partial charge in [0.1, 0.15) is 5.01 Å². The first-order chi connectivity index (χ1) is 11.1. The van der Waals surface area contributed by atoms with Crippen molar-refractivity contribution in [3.05, 3.63) is 40.9 Å². The molecule has 0 atom stereocenters. The van der Waals surface area contributed by atoms with Crippen LogP contribution in [0.4, 0.5) is 0 Å². The topological polar surface area (TPSA) is 62.2 Å². The maximum Gasteiger partial charge on any atom is 0.226 e. The minimum atomic E-state index is -0.677. The number of aromatic nitrogens is 1. The van der Waals surface area contributed by atoms with Crippen molar-refractivity contribution in [2.45, 2.75) is 44.6 Å². The molecule has 1 aliphatic rings. The average Bonchev–Trinajstić information content (AvgIpc) is 2.99. The molecule has 23 heavy (non-hydrogen) atoms. The highest BCUT2D eigenvalue weighted by Crippen LogP contribution is 2.30. The summed E-state index contributed by atoms with van der Waals surface area (Å²) < 4.78 is 0. The summed E-state index contributed by atoms with van der Waals surface area (Å²) in [5.74, 6) is -0.0801. The third-order valence-electron chi connectivity index (χ3n) is 4.40. The maximum absolute atomic E-state index is 12.0. The van der Waals surface area contributed by atoms with Gasteiger partial charge in [-0.25, -0.2) is 4.98 Å². The number of aryl methyl sites for hydroxylation is 1. The van der Waals surface area contributed by atoms with E-state index < -0.39 is 5.60 Å². The van der Waals surface area contributed by atoms with Gasteiger partial charge in [0.25, 0.3) is 0 Å². The van der Waals surface area contributed by atoms with Gasteiger partial charge in [0.2, 0.25) is 5.91 Å². The van der Waals surface area contributed by atoms with Crippen LogP contribution in [-0.4, -0.2) is 28.1 Å². The first-order valence-corrected chi connectivity index (χ1v) is 8.99. The highest BCUT2D eigenvalue weighted by molar-refractivity contribution is 7.13. The SMILES string of the molecule is CCc1ccc(-c2nc(CC(=O)NCC3(O)CCC3)cs2)cc1. The lowest BCUT2D eigenvalue weighted by Crippen LogP contribution is -2.48. The van der Waals surface area contributed by atoms with Gasteiger partial charge in [0.05, 0.1) is 17.7 Å². The summed E-state index contributed by atoms with van der Waals surface area (Å²) in [6.07, 6.45) is 3.89. The summed E-state index contributed by atoms with van der Waals surface area (Å²) >= 11 is 1.56. The molecule has 1 aliphatic carbocycles. The summed E-state index contributed by atoms with van der Waals surface area (Å²) in [7, 11) is 0. The van der Waals surface area contributed by atoms with Crippen LogP contribution in [0, 0.1) is 0 Å². The molecule has 5 heteroatoms. The molecule has 1 aromatic carbocycles. The number of carbonyl (C=O) groups is 1. The molecule has 2 aromatic rings. The number of nitrogens with zero attached hydrogens (tertiary/aromatic N) is 1. The number of thiazole rings is 1. The van der Waals surface area contributed by atoms with Crippen LogP contribution in [0.5, 0.6) is 0 Å². The van der Waals surface area contributed by atoms with Crippen LogP contribution in [0.25, 0.3) is 10.6 Å². The Morgan fingerprint density at radius 1 is 1.35 bits per heavy atom. The zero-order chi connectivity index (χ0) is 16.3. The van der Waals surface area contributed by atoms with Crippen LogP contribution in [0.3, 0.4) is 0 Å². The maximum atomic E-state index is 12.0. The molecule has 4 nitrogen and oxygen atoms in total. The van der Waals surface area contributed by atoms with Gasteiger partial charge in [-0.05, 0) is 31.2 Å². The van der Waals surface area contributed by atoms with Crippen molar-refractivity contribution in [3.8, 4) is 10.6 Å². The van der Waals surface area contributed by atoms with Crippen molar-refractivity contribution in [2.75, 3.05) is 6.54 Å². The van der Waals surface area contributed by atoms with Gasteiger partial charge in [0, 0.05) is 17.5 Å². The lowest BCUT2D eigenvalue weighted by molar-refractivity contribution is -0.122. The van der Waals surface area contributed by atoms with Crippen molar-refractivity contribution < 1.29 is 9.90 Å². The van der Waals surface area contributed by atoms with E-state index in [9.17, 15) is 9.90 Å². The summed E-state index contributed by atoms with van der Waals surface area (Å²) in [6.45, 7) is 2.48. The first kappa shape index (κ1) is 16.1. The van der Waals surface area contributed by atoms with Crippen molar-refractivity contribution in [2.24, 2.45) is 0 Å². The molecule has 0 unspecified atom stereocenters. The van der Waals surface area contributed by atoms with E-state index in [-0.39, 0.29) is 12.3 Å². The fraction of sp³-hybridized carbons (Fsp3) is 0.444. The molecule has 0 spiro atoms. The Balaban J connectivity index is 1.56. The standard InChI is InChI=1S/C18H22N2O2S/c1-2-13-4-6-14(7-5-13)17-20-15(11-23-17)10-16(21)19-12-18(22)8-3-9-18/h4-7,11,22H,2-3,8-10,12H2,1H3,(H,19,21). The fourth-order valence-corrected chi connectivity index (χ4v) is 3.48. The van der Waals surface area contributed by atoms with Crippen molar-refractivity contribution in [1.29, 1.82) is 0 Å². The zero-order valence-corrected chi connectivity index (χ0v) is 14.2. The zero-order valence-electron chi connectivity index (χ0n) is 13.3. The molecule has 1 amide bonds. The second-order valence-electron chi connectivity index (χ2n) is 6.23. The van der Waals surface area contributed by atoms with E-state index in [2.05, 4.69) is 41.5 Å². The van der Waals surface area contributed by atoms with E-state index in [1.54, 1.807) is 11.3 Å². The van der Waals surface area contributed by atoms with Gasteiger partial charge < -0.3 is 10.4 Å². The van der Waals surface area contributed by atoms with Crippen LogP contribution in [-0.2, 0) is 17.6 Å². The lowest BCUT2D eigenvalue weighted by Gasteiger charge is -2.36. The molecule has 3 rings (SSSR count). The number of nitrogens with one attached hydrogen (secondary N) is 1. The van der Waals surface area contributed by atoms with E-state index in [0.29, 0.717) is 6.54 Å². The summed E-state index contributed by atoms with van der Waals surface area (Å²) in [4.78, 5) is 16.5. The van der Waals surface area contributed by atoms with E-state index in [1.807, 2.05) is 5.38 Å². The summed E-state index contributed by atoms with van der Waals surface area (Å²) in [6, 6.07) is 8.38. The Kier molecular flexibility index (Phi) is 4.78. The Morgan fingerprint density at radius 2 is 2.09 bits per heavy atom. The van der Waals surface area contributed by atoms with E-state index in [4.69, 9.17) is 0 Å². The Hall–Kier alpha value is -1.72. The normalized spacial score (nSPS) is 15.9. The van der Waals surface area contributed by atoms with Gasteiger partial charge in [-0.1, -0.05) is 31.2 Å². The smallest absolute Gasteiger partial charge is 0.226 e. The van der Waals surface area contributed by atoms with Crippen LogP contribution in [0.1, 0.15) is 37.4 Å². The van der Waals surface area contributed by atoms with Crippen LogP contribution in [0.15, 0.2) is 29.6 Å². The molecule has 122 valence electrons. The van der Waals surface area contributed by atoms with Gasteiger partial charge in [-0.3, -0.25) is 4.79 Å². The summed E-state index contributed by atoms with van der Waals surface area (Å²) in [5, 5.41) is 15.7. The average molecular weight is 330 g/mol.